The van der Waals surface area contributed by atoms with Crippen LogP contribution in [0.1, 0.15) is 11.6 Å². The lowest BCUT2D eigenvalue weighted by molar-refractivity contribution is 0.585. The topological polar surface area (TPSA) is 87.7 Å². The van der Waals surface area contributed by atoms with Crippen LogP contribution in [0.2, 0.25) is 0 Å². The van der Waals surface area contributed by atoms with Gasteiger partial charge in [0, 0.05) is 0 Å². The van der Waals surface area contributed by atoms with Crippen molar-refractivity contribution < 1.29 is 8.42 Å². The number of nitrogens with zero attached hydrogens (tertiary/aromatic N) is 2. The molecule has 0 radical (unpaired) electrons. The second kappa shape index (κ2) is 3.20. The van der Waals surface area contributed by atoms with Gasteiger partial charge < -0.3 is 0 Å². The van der Waals surface area contributed by atoms with E-state index in [-0.39, 0.29) is 6.54 Å². The van der Waals surface area contributed by atoms with Gasteiger partial charge >= 0.3 is 0 Å². The summed E-state index contributed by atoms with van der Waals surface area (Å²) in [5, 5.41) is 6.36. The molecule has 0 aliphatic rings. The number of sulfonamides is 1. The molecular formula is C5H10N4O2S. The summed E-state index contributed by atoms with van der Waals surface area (Å²) in [6.45, 7) is 1.88. The first-order chi connectivity index (χ1) is 5.47. The Morgan fingerprint density at radius 2 is 2.25 bits per heavy atom. The molecule has 0 spiro atoms. The zero-order valence-corrected chi connectivity index (χ0v) is 7.64. The van der Waals surface area contributed by atoms with Gasteiger partial charge in [0.15, 0.2) is 5.82 Å². The van der Waals surface area contributed by atoms with Gasteiger partial charge in [-0.3, -0.25) is 5.10 Å². The zero-order valence-electron chi connectivity index (χ0n) is 6.83. The lowest BCUT2D eigenvalue weighted by Crippen LogP contribution is -2.21. The monoisotopic (exact) mass is 190 g/mol. The summed E-state index contributed by atoms with van der Waals surface area (Å²) in [7, 11) is -3.16. The Morgan fingerprint density at radius 3 is 2.67 bits per heavy atom. The predicted molar refractivity (Wildman–Crippen MR) is 42.8 cm³/mol. The fourth-order valence-corrected chi connectivity index (χ4v) is 1.06. The van der Waals surface area contributed by atoms with E-state index in [9.17, 15) is 8.42 Å². The summed E-state index contributed by atoms with van der Waals surface area (Å²) in [5.41, 5.74) is 0. The zero-order chi connectivity index (χ0) is 9.19. The molecular weight excluding hydrogens is 180 g/mol. The Hall–Kier alpha value is -0.950. The van der Waals surface area contributed by atoms with E-state index in [0.717, 1.165) is 6.26 Å². The molecule has 1 aromatic rings. The van der Waals surface area contributed by atoms with Gasteiger partial charge in [0.1, 0.15) is 5.82 Å². The maximum Gasteiger partial charge on any atom is 0.209 e. The molecule has 2 N–H and O–H groups in total. The lowest BCUT2D eigenvalue weighted by atomic mass is 10.6. The van der Waals surface area contributed by atoms with Crippen LogP contribution in [0.25, 0.3) is 0 Å². The maximum atomic E-state index is 10.6. The van der Waals surface area contributed by atoms with Crippen LogP contribution in [0.3, 0.4) is 0 Å². The second-order valence-electron chi connectivity index (χ2n) is 2.43. The Kier molecular flexibility index (Phi) is 2.43. The van der Waals surface area contributed by atoms with Gasteiger partial charge in [-0.25, -0.2) is 18.1 Å². The van der Waals surface area contributed by atoms with Crippen molar-refractivity contribution in [1.82, 2.24) is 19.9 Å². The van der Waals surface area contributed by atoms with E-state index in [0.29, 0.717) is 11.6 Å². The largest absolute Gasteiger partial charge is 0.263 e. The number of H-pyrrole nitrogens is 1. The van der Waals surface area contributed by atoms with Crippen LogP contribution in [0.4, 0.5) is 0 Å². The fraction of sp³-hybridized carbons (Fsp3) is 0.600. The van der Waals surface area contributed by atoms with Crippen LogP contribution in [-0.2, 0) is 16.6 Å². The number of aryl methyl sites for hydroxylation is 1. The third kappa shape index (κ3) is 2.97. The highest BCUT2D eigenvalue weighted by Gasteiger charge is 2.03. The Bertz CT molecular complexity index is 355. The Balaban J connectivity index is 2.55. The Morgan fingerprint density at radius 1 is 1.58 bits per heavy atom. The molecule has 68 valence electrons. The Labute approximate surface area is 70.5 Å². The molecule has 6 nitrogen and oxygen atoms in total. The molecule has 1 rings (SSSR count). The minimum absolute atomic E-state index is 0.128. The van der Waals surface area contributed by atoms with Crippen molar-refractivity contribution in [1.29, 1.82) is 0 Å². The van der Waals surface area contributed by atoms with Gasteiger partial charge in [-0.15, -0.1) is 0 Å². The van der Waals surface area contributed by atoms with Crippen LogP contribution < -0.4 is 4.72 Å². The summed E-state index contributed by atoms with van der Waals surface area (Å²) in [4.78, 5) is 3.92. The summed E-state index contributed by atoms with van der Waals surface area (Å²) in [5.74, 6) is 1.11. The standard InChI is InChI=1S/C5H10N4O2S/c1-4-7-5(9-8-4)3-6-12(2,10)11/h6H,3H2,1-2H3,(H,7,8,9). The van der Waals surface area contributed by atoms with E-state index < -0.39 is 10.0 Å². The minimum Gasteiger partial charge on any atom is -0.263 e. The van der Waals surface area contributed by atoms with Gasteiger partial charge in [-0.1, -0.05) is 0 Å². The van der Waals surface area contributed by atoms with E-state index in [1.807, 2.05) is 0 Å². The van der Waals surface area contributed by atoms with Crippen molar-refractivity contribution in [2.45, 2.75) is 13.5 Å². The normalized spacial score (nSPS) is 11.8. The number of aromatic nitrogens is 3. The molecule has 0 amide bonds. The average Bonchev–Trinajstić information content (AvgIpc) is 2.30. The van der Waals surface area contributed by atoms with Crippen molar-refractivity contribution >= 4 is 10.0 Å². The highest BCUT2D eigenvalue weighted by molar-refractivity contribution is 7.88. The number of rotatable bonds is 3. The minimum atomic E-state index is -3.16. The summed E-state index contributed by atoms with van der Waals surface area (Å²) >= 11 is 0. The summed E-state index contributed by atoms with van der Waals surface area (Å²) < 4.78 is 23.5. The first kappa shape index (κ1) is 9.14. The molecule has 0 saturated carbocycles. The van der Waals surface area contributed by atoms with Crippen LogP contribution in [-0.4, -0.2) is 29.9 Å². The van der Waals surface area contributed by atoms with Gasteiger partial charge in [-0.2, -0.15) is 5.10 Å². The van der Waals surface area contributed by atoms with Crippen molar-refractivity contribution in [2.75, 3.05) is 6.26 Å². The van der Waals surface area contributed by atoms with Crippen molar-refractivity contribution in [3.8, 4) is 0 Å². The van der Waals surface area contributed by atoms with Gasteiger partial charge in [0.2, 0.25) is 10.0 Å². The van der Waals surface area contributed by atoms with E-state index in [1.165, 1.54) is 0 Å². The number of nitrogens with one attached hydrogen (secondary N) is 2. The van der Waals surface area contributed by atoms with E-state index in [4.69, 9.17) is 0 Å². The van der Waals surface area contributed by atoms with Crippen LogP contribution in [0, 0.1) is 6.92 Å². The fourth-order valence-electron chi connectivity index (χ4n) is 0.664. The van der Waals surface area contributed by atoms with Crippen LogP contribution >= 0.6 is 0 Å². The molecule has 0 aliphatic carbocycles. The maximum absolute atomic E-state index is 10.6. The molecule has 0 unspecified atom stereocenters. The van der Waals surface area contributed by atoms with E-state index in [2.05, 4.69) is 19.9 Å². The molecule has 0 saturated heterocycles. The van der Waals surface area contributed by atoms with Crippen LogP contribution in [0.5, 0.6) is 0 Å². The highest BCUT2D eigenvalue weighted by atomic mass is 32.2. The summed E-state index contributed by atoms with van der Waals surface area (Å²) in [6.07, 6.45) is 1.09. The van der Waals surface area contributed by atoms with Gasteiger partial charge in [0.05, 0.1) is 12.8 Å². The SMILES string of the molecule is Cc1nc(CNS(C)(=O)=O)n[nH]1. The van der Waals surface area contributed by atoms with Gasteiger partial charge in [0.25, 0.3) is 0 Å². The third-order valence-electron chi connectivity index (χ3n) is 1.14. The predicted octanol–water partition coefficient (Wildman–Crippen LogP) is -0.838. The van der Waals surface area contributed by atoms with Gasteiger partial charge in [-0.05, 0) is 6.92 Å². The third-order valence-corrected chi connectivity index (χ3v) is 1.80. The molecule has 12 heavy (non-hydrogen) atoms. The molecule has 0 aliphatic heterocycles. The molecule has 1 aromatic heterocycles. The molecule has 0 atom stereocenters. The summed E-state index contributed by atoms with van der Waals surface area (Å²) in [6, 6.07) is 0. The molecule has 7 heteroatoms. The van der Waals surface area contributed by atoms with Crippen molar-refractivity contribution in [3.05, 3.63) is 11.6 Å². The second-order valence-corrected chi connectivity index (χ2v) is 4.26. The first-order valence-electron chi connectivity index (χ1n) is 3.30. The van der Waals surface area contributed by atoms with E-state index in [1.54, 1.807) is 6.92 Å². The average molecular weight is 190 g/mol. The highest BCUT2D eigenvalue weighted by Crippen LogP contribution is 1.90. The van der Waals surface area contributed by atoms with Crippen LogP contribution in [0.15, 0.2) is 0 Å². The lowest BCUT2D eigenvalue weighted by Gasteiger charge is -1.95. The first-order valence-corrected chi connectivity index (χ1v) is 5.19. The van der Waals surface area contributed by atoms with Crippen molar-refractivity contribution in [2.24, 2.45) is 0 Å². The quantitative estimate of drug-likeness (QED) is 0.650. The molecule has 0 aromatic carbocycles. The molecule has 1 heterocycles. The molecule has 0 fully saturated rings. The number of aromatic amines is 1. The van der Waals surface area contributed by atoms with E-state index >= 15 is 0 Å². The number of hydrogen-bond acceptors (Lipinski definition) is 4. The number of hydrogen-bond donors (Lipinski definition) is 2. The molecule has 0 bridgehead atoms. The smallest absolute Gasteiger partial charge is 0.209 e. The van der Waals surface area contributed by atoms with Crippen molar-refractivity contribution in [3.63, 3.8) is 0 Å².